The molecule has 3 saturated heterocycles. The van der Waals surface area contributed by atoms with Crippen LogP contribution < -0.4 is 0 Å². The molecular formula is C21H26ClN3O3. The van der Waals surface area contributed by atoms with E-state index in [-0.39, 0.29) is 35.7 Å². The number of fused-ring (bicyclic) bond motifs is 1. The highest BCUT2D eigenvalue weighted by Crippen LogP contribution is 2.29. The molecule has 3 heterocycles. The first-order valence-electron chi connectivity index (χ1n) is 10.1. The topological polar surface area (TPSA) is 60.9 Å². The standard InChI is InChI=1S/C21H26ClN3O3/c1-14-19(26)24-10-4-5-16(24)13-25(14)20(27)15-8-11-23(12-9-15)21(28)17-6-2-3-7-18(17)22/h2-3,6-7,14-16H,4-5,8-13H2,1H3/t14-,16+/m1/s1. The molecule has 0 bridgehead atoms. The Labute approximate surface area is 170 Å². The van der Waals surface area contributed by atoms with Gasteiger partial charge in [-0.15, -0.1) is 0 Å². The van der Waals surface area contributed by atoms with Gasteiger partial charge in [0.2, 0.25) is 11.8 Å². The zero-order valence-electron chi connectivity index (χ0n) is 16.1. The van der Waals surface area contributed by atoms with Crippen LogP contribution in [-0.2, 0) is 9.59 Å². The molecule has 4 rings (SSSR count). The van der Waals surface area contributed by atoms with Crippen molar-refractivity contribution in [2.24, 2.45) is 5.92 Å². The molecule has 6 nitrogen and oxygen atoms in total. The molecule has 0 unspecified atom stereocenters. The zero-order chi connectivity index (χ0) is 19.8. The minimum Gasteiger partial charge on any atom is -0.339 e. The molecule has 0 aliphatic carbocycles. The highest BCUT2D eigenvalue weighted by molar-refractivity contribution is 6.33. The predicted octanol–water partition coefficient (Wildman–Crippen LogP) is 2.41. The number of benzene rings is 1. The van der Waals surface area contributed by atoms with Gasteiger partial charge < -0.3 is 14.7 Å². The normalized spacial score (nSPS) is 25.8. The first kappa shape index (κ1) is 19.2. The van der Waals surface area contributed by atoms with E-state index in [0.717, 1.165) is 19.4 Å². The Bertz CT molecular complexity index is 791. The molecule has 7 heteroatoms. The largest absolute Gasteiger partial charge is 0.339 e. The van der Waals surface area contributed by atoms with Crippen LogP contribution in [0, 0.1) is 5.92 Å². The summed E-state index contributed by atoms with van der Waals surface area (Å²) in [7, 11) is 0. The number of amides is 3. The highest BCUT2D eigenvalue weighted by atomic mass is 35.5. The summed E-state index contributed by atoms with van der Waals surface area (Å²) in [6, 6.07) is 6.84. The third-order valence-electron chi connectivity index (χ3n) is 6.41. The number of piperidine rings is 1. The van der Waals surface area contributed by atoms with Gasteiger partial charge in [0.1, 0.15) is 6.04 Å². The SMILES string of the molecule is C[C@@H]1C(=O)N2CCC[C@H]2CN1C(=O)C1CCN(C(=O)c2ccccc2Cl)CC1. The lowest BCUT2D eigenvalue weighted by Crippen LogP contribution is -2.61. The number of carbonyl (C=O) groups excluding carboxylic acids is 3. The Balaban J connectivity index is 1.38. The van der Waals surface area contributed by atoms with Crippen LogP contribution in [0.4, 0.5) is 0 Å². The molecule has 1 aromatic carbocycles. The van der Waals surface area contributed by atoms with Crippen LogP contribution >= 0.6 is 11.6 Å². The van der Waals surface area contributed by atoms with Gasteiger partial charge in [0.15, 0.2) is 0 Å². The monoisotopic (exact) mass is 403 g/mol. The average Bonchev–Trinajstić information content (AvgIpc) is 3.19. The van der Waals surface area contributed by atoms with E-state index in [1.165, 1.54) is 0 Å². The van der Waals surface area contributed by atoms with Gasteiger partial charge in [0.25, 0.3) is 5.91 Å². The van der Waals surface area contributed by atoms with E-state index in [2.05, 4.69) is 0 Å². The van der Waals surface area contributed by atoms with E-state index in [1.54, 1.807) is 34.1 Å². The lowest BCUT2D eigenvalue weighted by molar-refractivity contribution is -0.155. The van der Waals surface area contributed by atoms with E-state index in [4.69, 9.17) is 11.6 Å². The van der Waals surface area contributed by atoms with Crippen molar-refractivity contribution < 1.29 is 14.4 Å². The molecule has 28 heavy (non-hydrogen) atoms. The third-order valence-corrected chi connectivity index (χ3v) is 6.74. The molecule has 0 aromatic heterocycles. The summed E-state index contributed by atoms with van der Waals surface area (Å²) in [5.41, 5.74) is 0.505. The highest BCUT2D eigenvalue weighted by Gasteiger charge is 2.43. The van der Waals surface area contributed by atoms with E-state index >= 15 is 0 Å². The lowest BCUT2D eigenvalue weighted by Gasteiger charge is -2.43. The molecular weight excluding hydrogens is 378 g/mol. The predicted molar refractivity (Wildman–Crippen MR) is 106 cm³/mol. The molecule has 150 valence electrons. The molecule has 3 aliphatic rings. The van der Waals surface area contributed by atoms with Crippen molar-refractivity contribution >= 4 is 29.3 Å². The fourth-order valence-electron chi connectivity index (χ4n) is 4.72. The van der Waals surface area contributed by atoms with Gasteiger partial charge in [-0.3, -0.25) is 14.4 Å². The quantitative estimate of drug-likeness (QED) is 0.761. The molecule has 0 saturated carbocycles. The maximum atomic E-state index is 13.1. The fraction of sp³-hybridized carbons (Fsp3) is 0.571. The summed E-state index contributed by atoms with van der Waals surface area (Å²) in [6.45, 7) is 4.37. The van der Waals surface area contributed by atoms with Gasteiger partial charge in [-0.05, 0) is 44.7 Å². The summed E-state index contributed by atoms with van der Waals surface area (Å²) in [5, 5.41) is 0.451. The van der Waals surface area contributed by atoms with Crippen LogP contribution in [0.1, 0.15) is 43.0 Å². The van der Waals surface area contributed by atoms with Crippen LogP contribution in [0.15, 0.2) is 24.3 Å². The van der Waals surface area contributed by atoms with Crippen molar-refractivity contribution in [2.45, 2.75) is 44.7 Å². The van der Waals surface area contributed by atoms with Gasteiger partial charge in [0, 0.05) is 38.1 Å². The van der Waals surface area contributed by atoms with E-state index in [9.17, 15) is 14.4 Å². The van der Waals surface area contributed by atoms with Gasteiger partial charge in [0.05, 0.1) is 10.6 Å². The molecule has 2 atom stereocenters. The summed E-state index contributed by atoms with van der Waals surface area (Å²) in [6.07, 6.45) is 3.25. The third kappa shape index (κ3) is 3.39. The lowest BCUT2D eigenvalue weighted by atomic mass is 9.93. The van der Waals surface area contributed by atoms with Crippen LogP contribution in [0.5, 0.6) is 0 Å². The Kier molecular flexibility index (Phi) is 5.32. The van der Waals surface area contributed by atoms with Crippen molar-refractivity contribution in [2.75, 3.05) is 26.2 Å². The fourth-order valence-corrected chi connectivity index (χ4v) is 4.94. The summed E-state index contributed by atoms with van der Waals surface area (Å²) < 4.78 is 0. The number of rotatable bonds is 2. The second kappa shape index (κ2) is 7.74. The van der Waals surface area contributed by atoms with Gasteiger partial charge in [-0.1, -0.05) is 23.7 Å². The number of piperazine rings is 1. The number of nitrogens with zero attached hydrogens (tertiary/aromatic N) is 3. The van der Waals surface area contributed by atoms with E-state index < -0.39 is 0 Å². The van der Waals surface area contributed by atoms with Crippen LogP contribution in [0.2, 0.25) is 5.02 Å². The Hall–Kier alpha value is -2.08. The molecule has 3 amide bonds. The first-order chi connectivity index (χ1) is 13.5. The minimum atomic E-state index is -0.385. The molecule has 3 fully saturated rings. The number of hydrogen-bond acceptors (Lipinski definition) is 3. The zero-order valence-corrected chi connectivity index (χ0v) is 16.9. The smallest absolute Gasteiger partial charge is 0.255 e. The summed E-state index contributed by atoms with van der Waals surface area (Å²) >= 11 is 6.15. The van der Waals surface area contributed by atoms with Crippen LogP contribution in [0.25, 0.3) is 0 Å². The summed E-state index contributed by atoms with van der Waals surface area (Å²) in [4.78, 5) is 43.9. The van der Waals surface area contributed by atoms with Crippen molar-refractivity contribution in [3.8, 4) is 0 Å². The number of halogens is 1. The van der Waals surface area contributed by atoms with Crippen LogP contribution in [-0.4, -0.2) is 70.7 Å². The molecule has 0 spiro atoms. The van der Waals surface area contributed by atoms with E-state index in [0.29, 0.717) is 43.1 Å². The Morgan fingerprint density at radius 2 is 1.79 bits per heavy atom. The molecule has 0 radical (unpaired) electrons. The maximum absolute atomic E-state index is 13.1. The average molecular weight is 404 g/mol. The Morgan fingerprint density at radius 1 is 1.07 bits per heavy atom. The Morgan fingerprint density at radius 3 is 2.50 bits per heavy atom. The second-order valence-corrected chi connectivity index (χ2v) is 8.45. The van der Waals surface area contributed by atoms with Gasteiger partial charge in [-0.2, -0.15) is 0 Å². The van der Waals surface area contributed by atoms with Crippen molar-refractivity contribution in [3.05, 3.63) is 34.9 Å². The van der Waals surface area contributed by atoms with Crippen LogP contribution in [0.3, 0.4) is 0 Å². The molecule has 0 N–H and O–H groups in total. The minimum absolute atomic E-state index is 0.0669. The van der Waals surface area contributed by atoms with Gasteiger partial charge in [-0.25, -0.2) is 0 Å². The molecule has 3 aliphatic heterocycles. The second-order valence-electron chi connectivity index (χ2n) is 8.04. The van der Waals surface area contributed by atoms with E-state index in [1.807, 2.05) is 11.8 Å². The summed E-state index contributed by atoms with van der Waals surface area (Å²) in [5.74, 6) is -0.0659. The van der Waals surface area contributed by atoms with Crippen molar-refractivity contribution in [3.63, 3.8) is 0 Å². The first-order valence-corrected chi connectivity index (χ1v) is 10.5. The molecule has 1 aromatic rings. The number of carbonyl (C=O) groups is 3. The number of hydrogen-bond donors (Lipinski definition) is 0. The van der Waals surface area contributed by atoms with Crippen molar-refractivity contribution in [1.29, 1.82) is 0 Å². The van der Waals surface area contributed by atoms with Gasteiger partial charge >= 0.3 is 0 Å². The van der Waals surface area contributed by atoms with Crippen molar-refractivity contribution in [1.82, 2.24) is 14.7 Å². The number of likely N-dealkylation sites (tertiary alicyclic amines) is 1. The maximum Gasteiger partial charge on any atom is 0.255 e.